The Labute approximate surface area is 254 Å². The second-order valence-electron chi connectivity index (χ2n) is 11.5. The minimum atomic E-state index is -0.937. The maximum absolute atomic E-state index is 14.7. The van der Waals surface area contributed by atoms with E-state index in [1.54, 1.807) is 36.1 Å². The maximum Gasteiger partial charge on any atom is 0.254 e. The highest BCUT2D eigenvalue weighted by molar-refractivity contribution is 5.99. The number of aromatic nitrogens is 2. The van der Waals surface area contributed by atoms with Crippen molar-refractivity contribution in [2.45, 2.75) is 44.9 Å². The van der Waals surface area contributed by atoms with E-state index < -0.39 is 23.3 Å². The molecule has 8 nitrogen and oxygen atoms in total. The molecule has 1 saturated carbocycles. The first-order valence-corrected chi connectivity index (χ1v) is 14.8. The van der Waals surface area contributed by atoms with Crippen LogP contribution in [0.5, 0.6) is 11.5 Å². The smallest absolute Gasteiger partial charge is 0.254 e. The average molecular weight is 601 g/mol. The van der Waals surface area contributed by atoms with Crippen LogP contribution < -0.4 is 14.8 Å². The van der Waals surface area contributed by atoms with Crippen LogP contribution in [-0.4, -0.2) is 46.2 Å². The second kappa shape index (κ2) is 12.5. The van der Waals surface area contributed by atoms with E-state index in [0.29, 0.717) is 18.8 Å². The van der Waals surface area contributed by atoms with Gasteiger partial charge < -0.3 is 19.7 Å². The van der Waals surface area contributed by atoms with Crippen LogP contribution in [0.3, 0.4) is 0 Å². The molecular formula is C34H34F2N4O4. The van der Waals surface area contributed by atoms with Crippen molar-refractivity contribution in [3.63, 3.8) is 0 Å². The van der Waals surface area contributed by atoms with E-state index in [0.717, 1.165) is 65.8 Å². The van der Waals surface area contributed by atoms with Gasteiger partial charge in [-0.1, -0.05) is 18.2 Å². The lowest BCUT2D eigenvalue weighted by molar-refractivity contribution is 0.0635. The number of fused-ring (bicyclic) bond motifs is 1. The Hall–Kier alpha value is -4.73. The molecule has 10 heteroatoms. The van der Waals surface area contributed by atoms with E-state index in [9.17, 15) is 18.4 Å². The first kappa shape index (κ1) is 29.3. The van der Waals surface area contributed by atoms with Gasteiger partial charge in [0.1, 0.15) is 12.4 Å². The lowest BCUT2D eigenvalue weighted by atomic mass is 9.85. The summed E-state index contributed by atoms with van der Waals surface area (Å²) in [6.07, 6.45) is 5.23. The molecule has 1 aliphatic carbocycles. The fourth-order valence-electron chi connectivity index (χ4n) is 6.07. The number of ether oxygens (including phenoxy) is 2. The van der Waals surface area contributed by atoms with E-state index in [4.69, 9.17) is 9.47 Å². The zero-order chi connectivity index (χ0) is 30.8. The molecule has 1 N–H and O–H groups in total. The molecule has 1 aromatic heterocycles. The normalized spacial score (nSPS) is 17.8. The molecule has 228 valence electrons. The zero-order valence-corrected chi connectivity index (χ0v) is 24.7. The standard InChI is InChI=1S/C34H34F2N4O4/c1-39-14-13-31(38-39)23-7-12-28-25(15-23)19-40(34(28)42)26-8-3-21(4-9-26)18-37-33(41)24-16-29(35)32(30(36)17-24)44-20-22-5-10-27(43-2)11-6-22/h5-7,10-17,21,26H,3-4,8-9,18-20H2,1-2H3,(H,37,41)/t21-,26-. The van der Waals surface area contributed by atoms with Gasteiger partial charge in [0.25, 0.3) is 11.8 Å². The van der Waals surface area contributed by atoms with Gasteiger partial charge in [-0.25, -0.2) is 8.78 Å². The minimum absolute atomic E-state index is 0.0344. The third kappa shape index (κ3) is 6.15. The molecule has 2 amide bonds. The number of aryl methyl sites for hydroxylation is 1. The summed E-state index contributed by atoms with van der Waals surface area (Å²) in [6, 6.07) is 16.9. The van der Waals surface area contributed by atoms with Crippen molar-refractivity contribution in [1.29, 1.82) is 0 Å². The molecular weight excluding hydrogens is 566 g/mol. The highest BCUT2D eigenvalue weighted by atomic mass is 19.1. The number of carbonyl (C=O) groups is 2. The van der Waals surface area contributed by atoms with Crippen LogP contribution in [-0.2, 0) is 20.2 Å². The summed E-state index contributed by atoms with van der Waals surface area (Å²) in [7, 11) is 3.43. The van der Waals surface area contributed by atoms with Crippen molar-refractivity contribution < 1.29 is 27.8 Å². The van der Waals surface area contributed by atoms with E-state index in [1.165, 1.54) is 0 Å². The fourth-order valence-corrected chi connectivity index (χ4v) is 6.07. The predicted octanol–water partition coefficient (Wildman–Crippen LogP) is 5.90. The van der Waals surface area contributed by atoms with E-state index in [2.05, 4.69) is 16.5 Å². The van der Waals surface area contributed by atoms with Crippen LogP contribution in [0, 0.1) is 17.6 Å². The molecule has 0 spiro atoms. The van der Waals surface area contributed by atoms with Crippen molar-refractivity contribution in [1.82, 2.24) is 20.0 Å². The van der Waals surface area contributed by atoms with Crippen LogP contribution in [0.4, 0.5) is 8.78 Å². The van der Waals surface area contributed by atoms with Gasteiger partial charge in [0.05, 0.1) is 12.8 Å². The Balaban J connectivity index is 0.990. The highest BCUT2D eigenvalue weighted by Crippen LogP contribution is 2.34. The topological polar surface area (TPSA) is 85.7 Å². The first-order chi connectivity index (χ1) is 21.3. The molecule has 6 rings (SSSR count). The van der Waals surface area contributed by atoms with Gasteiger partial charge in [-0.3, -0.25) is 14.3 Å². The number of nitrogens with one attached hydrogen (secondary N) is 1. The average Bonchev–Trinajstić information content (AvgIpc) is 3.62. The van der Waals surface area contributed by atoms with Gasteiger partial charge in [-0.2, -0.15) is 5.10 Å². The Kier molecular flexibility index (Phi) is 8.32. The van der Waals surface area contributed by atoms with E-state index in [-0.39, 0.29) is 30.0 Å². The Morgan fingerprint density at radius 3 is 2.39 bits per heavy atom. The summed E-state index contributed by atoms with van der Waals surface area (Å²) in [5.74, 6) is -2.00. The molecule has 1 fully saturated rings. The number of hydrogen-bond donors (Lipinski definition) is 1. The van der Waals surface area contributed by atoms with E-state index >= 15 is 0 Å². The van der Waals surface area contributed by atoms with Gasteiger partial charge in [-0.15, -0.1) is 0 Å². The summed E-state index contributed by atoms with van der Waals surface area (Å²) < 4.78 is 41.7. The summed E-state index contributed by atoms with van der Waals surface area (Å²) in [6.45, 7) is 0.942. The maximum atomic E-state index is 14.7. The number of nitrogens with zero attached hydrogens (tertiary/aromatic N) is 3. The van der Waals surface area contributed by atoms with Crippen LogP contribution in [0.1, 0.15) is 57.5 Å². The highest BCUT2D eigenvalue weighted by Gasteiger charge is 2.35. The van der Waals surface area contributed by atoms with E-state index in [1.807, 2.05) is 36.3 Å². The molecule has 0 bridgehead atoms. The van der Waals surface area contributed by atoms with Crippen molar-refractivity contribution in [2.75, 3.05) is 13.7 Å². The fraction of sp³-hybridized carbons (Fsp3) is 0.324. The van der Waals surface area contributed by atoms with Gasteiger partial charge in [0, 0.05) is 49.1 Å². The largest absolute Gasteiger partial charge is 0.497 e. The molecule has 1 aliphatic heterocycles. The molecule has 0 atom stereocenters. The summed E-state index contributed by atoms with van der Waals surface area (Å²) in [5.41, 5.74) is 4.25. The van der Waals surface area contributed by atoms with Crippen LogP contribution in [0.15, 0.2) is 66.9 Å². The van der Waals surface area contributed by atoms with Crippen LogP contribution in [0.25, 0.3) is 11.3 Å². The summed E-state index contributed by atoms with van der Waals surface area (Å²) in [5, 5.41) is 7.30. The molecule has 0 saturated heterocycles. The van der Waals surface area contributed by atoms with Crippen molar-refractivity contribution in [3.05, 3.63) is 101 Å². The Morgan fingerprint density at radius 2 is 1.73 bits per heavy atom. The zero-order valence-electron chi connectivity index (χ0n) is 24.7. The monoisotopic (exact) mass is 600 g/mol. The molecule has 0 unspecified atom stereocenters. The second-order valence-corrected chi connectivity index (χ2v) is 11.5. The number of rotatable bonds is 9. The third-order valence-corrected chi connectivity index (χ3v) is 8.56. The van der Waals surface area contributed by atoms with Gasteiger partial charge in [0.15, 0.2) is 17.4 Å². The number of carbonyl (C=O) groups excluding carboxylic acids is 2. The Bertz CT molecular complexity index is 1660. The van der Waals surface area contributed by atoms with Crippen molar-refractivity contribution in [2.24, 2.45) is 13.0 Å². The van der Waals surface area contributed by atoms with Gasteiger partial charge in [0.2, 0.25) is 0 Å². The van der Waals surface area contributed by atoms with Crippen molar-refractivity contribution >= 4 is 11.8 Å². The van der Waals surface area contributed by atoms with Crippen molar-refractivity contribution in [3.8, 4) is 22.8 Å². The molecule has 4 aromatic rings. The first-order valence-electron chi connectivity index (χ1n) is 14.8. The Morgan fingerprint density at radius 1 is 1.00 bits per heavy atom. The summed E-state index contributed by atoms with van der Waals surface area (Å²) >= 11 is 0. The number of amides is 2. The number of halogens is 2. The molecule has 3 aromatic carbocycles. The lowest BCUT2D eigenvalue weighted by Crippen LogP contribution is -2.40. The predicted molar refractivity (Wildman–Crippen MR) is 160 cm³/mol. The quantitative estimate of drug-likeness (QED) is 0.259. The summed E-state index contributed by atoms with van der Waals surface area (Å²) in [4.78, 5) is 27.9. The lowest BCUT2D eigenvalue weighted by Gasteiger charge is -2.34. The van der Waals surface area contributed by atoms with Crippen LogP contribution >= 0.6 is 0 Å². The van der Waals surface area contributed by atoms with Crippen LogP contribution in [0.2, 0.25) is 0 Å². The number of hydrogen-bond acceptors (Lipinski definition) is 5. The number of benzene rings is 3. The number of methoxy groups -OCH3 is 1. The third-order valence-electron chi connectivity index (χ3n) is 8.56. The SMILES string of the molecule is COc1ccc(COc2c(F)cc(C(=O)NC[C@H]3CC[C@H](N4Cc5cc(-c6ccn(C)n6)ccc5C4=O)CC3)cc2F)cc1. The molecule has 2 aliphatic rings. The van der Waals surface area contributed by atoms with Gasteiger partial charge in [-0.05, 0) is 85.2 Å². The minimum Gasteiger partial charge on any atom is -0.497 e. The molecule has 44 heavy (non-hydrogen) atoms. The molecule has 2 heterocycles. The molecule has 0 radical (unpaired) electrons. The van der Waals surface area contributed by atoms with Gasteiger partial charge >= 0.3 is 0 Å².